The Bertz CT molecular complexity index is 655. The lowest BCUT2D eigenvalue weighted by Crippen LogP contribution is -2.04. The number of hydrogen-bond donors (Lipinski definition) is 1. The van der Waals surface area contributed by atoms with E-state index in [1.54, 1.807) is 0 Å². The molecule has 2 aromatic carbocycles. The summed E-state index contributed by atoms with van der Waals surface area (Å²) < 4.78 is 0. The molecule has 1 N–H and O–H groups in total. The van der Waals surface area contributed by atoms with E-state index in [1.165, 1.54) is 0 Å². The third-order valence-electron chi connectivity index (χ3n) is 3.91. The molecule has 0 aliphatic heterocycles. The van der Waals surface area contributed by atoms with Crippen LogP contribution in [-0.2, 0) is 4.79 Å². The quantitative estimate of drug-likeness (QED) is 0.541. The lowest BCUT2D eigenvalue weighted by Gasteiger charge is -2.14. The van der Waals surface area contributed by atoms with Crippen molar-refractivity contribution in [2.45, 2.75) is 33.1 Å². The van der Waals surface area contributed by atoms with Crippen molar-refractivity contribution in [2.24, 2.45) is 5.92 Å². The second-order valence-electron chi connectivity index (χ2n) is 6.18. The zero-order valence-corrected chi connectivity index (χ0v) is 13.8. The molecule has 0 saturated carbocycles. The van der Waals surface area contributed by atoms with Crippen LogP contribution < -0.4 is 0 Å². The maximum atomic E-state index is 12.0. The van der Waals surface area contributed by atoms with Crippen LogP contribution in [0.4, 0.5) is 0 Å². The number of benzene rings is 2. The van der Waals surface area contributed by atoms with Gasteiger partial charge in [-0.15, -0.1) is 0 Å². The summed E-state index contributed by atoms with van der Waals surface area (Å²) in [7, 11) is 0. The average molecular weight is 308 g/mol. The first kappa shape index (κ1) is 17.0. The molecule has 0 unspecified atom stereocenters. The maximum absolute atomic E-state index is 12.0. The van der Waals surface area contributed by atoms with Gasteiger partial charge in [0.2, 0.25) is 0 Å². The van der Waals surface area contributed by atoms with Gasteiger partial charge in [0, 0.05) is 0 Å². The van der Waals surface area contributed by atoms with Crippen molar-refractivity contribution in [3.05, 3.63) is 71.8 Å². The second-order valence-corrected chi connectivity index (χ2v) is 6.18. The molecular formula is C21H24O2. The monoisotopic (exact) mass is 308 g/mol. The van der Waals surface area contributed by atoms with Crippen molar-refractivity contribution in [1.29, 1.82) is 0 Å². The fraction of sp³-hybridized carbons (Fsp3) is 0.286. The summed E-state index contributed by atoms with van der Waals surface area (Å²) >= 11 is 0. The van der Waals surface area contributed by atoms with Crippen LogP contribution in [0.2, 0.25) is 0 Å². The van der Waals surface area contributed by atoms with Crippen molar-refractivity contribution in [1.82, 2.24) is 0 Å². The van der Waals surface area contributed by atoms with Gasteiger partial charge in [-0.05, 0) is 35.5 Å². The summed E-state index contributed by atoms with van der Waals surface area (Å²) in [5.74, 6) is -0.239. The van der Waals surface area contributed by atoms with Crippen LogP contribution in [0.3, 0.4) is 0 Å². The maximum Gasteiger partial charge on any atom is 0.336 e. The lowest BCUT2D eigenvalue weighted by atomic mass is 9.90. The van der Waals surface area contributed by atoms with E-state index in [-0.39, 0.29) is 0 Å². The van der Waals surface area contributed by atoms with E-state index in [4.69, 9.17) is 0 Å². The van der Waals surface area contributed by atoms with Gasteiger partial charge in [-0.3, -0.25) is 0 Å². The molecule has 0 amide bonds. The lowest BCUT2D eigenvalue weighted by molar-refractivity contribution is -0.130. The topological polar surface area (TPSA) is 37.3 Å². The Kier molecular flexibility index (Phi) is 6.16. The molecule has 120 valence electrons. The Hall–Kier alpha value is -2.35. The minimum absolute atomic E-state index is 0.417. The summed E-state index contributed by atoms with van der Waals surface area (Å²) in [4.78, 5) is 12.0. The molecule has 0 aliphatic carbocycles. The highest BCUT2D eigenvalue weighted by Crippen LogP contribution is 2.31. The zero-order valence-electron chi connectivity index (χ0n) is 13.8. The Balaban J connectivity index is 2.49. The Morgan fingerprint density at radius 1 is 0.913 bits per heavy atom. The van der Waals surface area contributed by atoms with Crippen LogP contribution in [0, 0.1) is 5.92 Å². The molecule has 0 radical (unpaired) electrons. The van der Waals surface area contributed by atoms with Crippen molar-refractivity contribution in [3.63, 3.8) is 0 Å². The van der Waals surface area contributed by atoms with E-state index in [0.29, 0.717) is 11.5 Å². The minimum atomic E-state index is -0.861. The van der Waals surface area contributed by atoms with Gasteiger partial charge in [0.1, 0.15) is 0 Å². The summed E-state index contributed by atoms with van der Waals surface area (Å²) in [6.07, 6.45) is 2.86. The Morgan fingerprint density at radius 2 is 1.43 bits per heavy atom. The summed E-state index contributed by atoms with van der Waals surface area (Å²) in [5.41, 5.74) is 3.10. The molecule has 23 heavy (non-hydrogen) atoms. The van der Waals surface area contributed by atoms with E-state index >= 15 is 0 Å². The van der Waals surface area contributed by atoms with Gasteiger partial charge in [0.25, 0.3) is 0 Å². The second kappa shape index (κ2) is 8.33. The third-order valence-corrected chi connectivity index (χ3v) is 3.91. The van der Waals surface area contributed by atoms with E-state index in [0.717, 1.165) is 36.0 Å². The number of rotatable bonds is 7. The normalized spacial score (nSPS) is 12.1. The molecule has 0 fully saturated rings. The van der Waals surface area contributed by atoms with Gasteiger partial charge in [-0.1, -0.05) is 80.9 Å². The van der Waals surface area contributed by atoms with Gasteiger partial charge in [-0.25, -0.2) is 4.79 Å². The molecule has 2 nitrogen and oxygen atoms in total. The zero-order chi connectivity index (χ0) is 16.7. The molecule has 0 aliphatic rings. The van der Waals surface area contributed by atoms with Crippen LogP contribution in [0.1, 0.15) is 44.2 Å². The van der Waals surface area contributed by atoms with Gasteiger partial charge in [-0.2, -0.15) is 0 Å². The fourth-order valence-corrected chi connectivity index (χ4v) is 2.77. The number of carboxylic acids is 1. The van der Waals surface area contributed by atoms with Crippen LogP contribution in [0.15, 0.2) is 60.7 Å². The smallest absolute Gasteiger partial charge is 0.336 e. The summed E-state index contributed by atoms with van der Waals surface area (Å²) in [6.45, 7) is 4.39. The average Bonchev–Trinajstić information content (AvgIpc) is 2.55. The predicted octanol–water partition coefficient (Wildman–Crippen LogP) is 5.51. The SMILES string of the molecule is CC(C)CCC/C(=C(/C(=O)O)c1ccccc1)c1ccccc1. The molecule has 2 rings (SSSR count). The molecule has 0 bridgehead atoms. The minimum Gasteiger partial charge on any atom is -0.478 e. The van der Waals surface area contributed by atoms with E-state index < -0.39 is 5.97 Å². The standard InChI is InChI=1S/C21H24O2/c1-16(2)10-9-15-19(17-11-5-3-6-12-17)20(21(22)23)18-13-7-4-8-14-18/h3-8,11-14,16H,9-10,15H2,1-2H3,(H,22,23)/b20-19-. The largest absolute Gasteiger partial charge is 0.478 e. The molecule has 0 spiro atoms. The van der Waals surface area contributed by atoms with Crippen LogP contribution >= 0.6 is 0 Å². The highest BCUT2D eigenvalue weighted by Gasteiger charge is 2.17. The third kappa shape index (κ3) is 4.82. The number of carbonyl (C=O) groups is 1. The molecule has 0 aromatic heterocycles. The number of aliphatic carboxylic acids is 1. The van der Waals surface area contributed by atoms with Gasteiger partial charge in [0.05, 0.1) is 5.57 Å². The molecule has 2 heteroatoms. The van der Waals surface area contributed by atoms with Crippen molar-refractivity contribution in [2.75, 3.05) is 0 Å². The number of hydrogen-bond acceptors (Lipinski definition) is 1. The highest BCUT2D eigenvalue weighted by molar-refractivity contribution is 6.23. The number of carboxylic acid groups (broad SMARTS) is 1. The first-order valence-electron chi connectivity index (χ1n) is 8.17. The van der Waals surface area contributed by atoms with Crippen molar-refractivity contribution in [3.8, 4) is 0 Å². The van der Waals surface area contributed by atoms with Gasteiger partial charge >= 0.3 is 5.97 Å². The summed E-state index contributed by atoms with van der Waals surface area (Å²) in [6, 6.07) is 19.3. The Morgan fingerprint density at radius 3 is 1.91 bits per heavy atom. The first-order chi connectivity index (χ1) is 11.1. The van der Waals surface area contributed by atoms with E-state index in [1.807, 2.05) is 60.7 Å². The molecule has 2 aromatic rings. The van der Waals surface area contributed by atoms with Gasteiger partial charge in [0.15, 0.2) is 0 Å². The molecular weight excluding hydrogens is 284 g/mol. The van der Waals surface area contributed by atoms with Crippen molar-refractivity contribution >= 4 is 17.1 Å². The van der Waals surface area contributed by atoms with Crippen molar-refractivity contribution < 1.29 is 9.90 Å². The highest BCUT2D eigenvalue weighted by atomic mass is 16.4. The molecule has 0 heterocycles. The van der Waals surface area contributed by atoms with Gasteiger partial charge < -0.3 is 5.11 Å². The molecule has 0 saturated heterocycles. The number of allylic oxidation sites excluding steroid dienone is 1. The van der Waals surface area contributed by atoms with Crippen LogP contribution in [0.5, 0.6) is 0 Å². The first-order valence-corrected chi connectivity index (χ1v) is 8.17. The predicted molar refractivity (Wildman–Crippen MR) is 96.0 cm³/mol. The fourth-order valence-electron chi connectivity index (χ4n) is 2.77. The molecule has 0 atom stereocenters. The summed E-state index contributed by atoms with van der Waals surface area (Å²) in [5, 5.41) is 9.81. The van der Waals surface area contributed by atoms with Crippen LogP contribution in [0.25, 0.3) is 11.1 Å². The van der Waals surface area contributed by atoms with E-state index in [2.05, 4.69) is 13.8 Å². The Labute approximate surface area is 138 Å². The van der Waals surface area contributed by atoms with E-state index in [9.17, 15) is 9.90 Å². The van der Waals surface area contributed by atoms with Crippen LogP contribution in [-0.4, -0.2) is 11.1 Å².